The predicted molar refractivity (Wildman–Crippen MR) is 72.0 cm³/mol. The lowest BCUT2D eigenvalue weighted by Crippen LogP contribution is -2.47. The minimum atomic E-state index is -0.128. The lowest BCUT2D eigenvalue weighted by Gasteiger charge is -2.29. The highest BCUT2D eigenvalue weighted by Gasteiger charge is 2.23. The van der Waals surface area contributed by atoms with E-state index in [1.165, 1.54) is 0 Å². The second kappa shape index (κ2) is 5.87. The summed E-state index contributed by atoms with van der Waals surface area (Å²) in [4.78, 5) is 14.2. The second-order valence-electron chi connectivity index (χ2n) is 4.57. The van der Waals surface area contributed by atoms with Crippen LogP contribution >= 0.6 is 0 Å². The van der Waals surface area contributed by atoms with Gasteiger partial charge in [-0.1, -0.05) is 6.07 Å². The third kappa shape index (κ3) is 2.82. The fourth-order valence-electron chi connectivity index (χ4n) is 2.18. The van der Waals surface area contributed by atoms with Crippen molar-refractivity contribution in [2.45, 2.75) is 25.8 Å². The number of rotatable bonds is 2. The van der Waals surface area contributed by atoms with Gasteiger partial charge in [0.05, 0.1) is 13.2 Å². The molecule has 1 amide bonds. The van der Waals surface area contributed by atoms with Crippen molar-refractivity contribution in [3.63, 3.8) is 0 Å². The number of hydrogen-bond donors (Lipinski definition) is 1. The summed E-state index contributed by atoms with van der Waals surface area (Å²) in [6, 6.07) is 7.54. The molecule has 1 saturated heterocycles. The van der Waals surface area contributed by atoms with E-state index in [0.717, 1.165) is 37.4 Å². The van der Waals surface area contributed by atoms with Crippen LogP contribution < -0.4 is 15.0 Å². The number of methoxy groups -OCH3 is 1. The van der Waals surface area contributed by atoms with E-state index in [4.69, 9.17) is 4.74 Å². The number of anilines is 1. The first-order valence-electron chi connectivity index (χ1n) is 6.41. The van der Waals surface area contributed by atoms with E-state index in [1.807, 2.05) is 36.1 Å². The summed E-state index contributed by atoms with van der Waals surface area (Å²) in [6.45, 7) is 3.61. The van der Waals surface area contributed by atoms with Crippen molar-refractivity contribution in [3.8, 4) is 5.75 Å². The van der Waals surface area contributed by atoms with Crippen LogP contribution in [-0.4, -0.2) is 32.1 Å². The number of ether oxygens (including phenoxy) is 1. The van der Waals surface area contributed by atoms with Gasteiger partial charge < -0.3 is 15.0 Å². The molecule has 98 valence electrons. The number of hydrogen-bond acceptors (Lipinski definition) is 3. The minimum Gasteiger partial charge on any atom is -0.497 e. The Kier molecular flexibility index (Phi) is 4.20. The van der Waals surface area contributed by atoms with E-state index in [-0.39, 0.29) is 11.9 Å². The molecule has 1 heterocycles. The Balaban J connectivity index is 2.24. The zero-order valence-corrected chi connectivity index (χ0v) is 11.0. The lowest BCUT2D eigenvalue weighted by molar-refractivity contribution is -0.120. The average Bonchev–Trinajstić information content (AvgIpc) is 2.40. The molecule has 0 saturated carbocycles. The molecule has 0 radical (unpaired) electrons. The van der Waals surface area contributed by atoms with Gasteiger partial charge in [-0.05, 0) is 38.4 Å². The van der Waals surface area contributed by atoms with Gasteiger partial charge in [0, 0.05) is 18.3 Å². The van der Waals surface area contributed by atoms with E-state index in [0.29, 0.717) is 0 Å². The molecular weight excluding hydrogens is 228 g/mol. The Morgan fingerprint density at radius 2 is 2.22 bits per heavy atom. The molecule has 4 heteroatoms. The summed E-state index contributed by atoms with van der Waals surface area (Å²) in [7, 11) is 1.64. The summed E-state index contributed by atoms with van der Waals surface area (Å²) in [6.07, 6.45) is 2.11. The quantitative estimate of drug-likeness (QED) is 0.867. The van der Waals surface area contributed by atoms with E-state index >= 15 is 0 Å². The molecule has 1 unspecified atom stereocenters. The second-order valence-corrected chi connectivity index (χ2v) is 4.57. The monoisotopic (exact) mass is 248 g/mol. The van der Waals surface area contributed by atoms with Crippen molar-refractivity contribution in [2.75, 3.05) is 25.1 Å². The first-order valence-corrected chi connectivity index (χ1v) is 6.41. The molecule has 2 rings (SSSR count). The van der Waals surface area contributed by atoms with Crippen LogP contribution in [0.15, 0.2) is 24.3 Å². The van der Waals surface area contributed by atoms with E-state index in [2.05, 4.69) is 5.32 Å². The molecule has 0 bridgehead atoms. The number of nitrogens with zero attached hydrogens (tertiary/aromatic N) is 1. The standard InChI is InChI=1S/C14H20N2O2/c1-11-14(17)16(9-4-3-8-15-11)12-6-5-7-13(10-12)18-2/h5-7,10-11,15H,3-4,8-9H2,1-2H3. The van der Waals surface area contributed by atoms with Crippen LogP contribution in [0, 0.1) is 0 Å². The Morgan fingerprint density at radius 1 is 1.39 bits per heavy atom. The summed E-state index contributed by atoms with van der Waals surface area (Å²) in [5.74, 6) is 0.908. The molecule has 1 aromatic carbocycles. The fraction of sp³-hybridized carbons (Fsp3) is 0.500. The van der Waals surface area contributed by atoms with Gasteiger partial charge in [0.1, 0.15) is 5.75 Å². The predicted octanol–water partition coefficient (Wildman–Crippen LogP) is 1.80. The topological polar surface area (TPSA) is 41.6 Å². The van der Waals surface area contributed by atoms with Gasteiger partial charge in [-0.2, -0.15) is 0 Å². The van der Waals surface area contributed by atoms with Crippen molar-refractivity contribution in [1.29, 1.82) is 0 Å². The molecule has 0 aromatic heterocycles. The summed E-state index contributed by atoms with van der Waals surface area (Å²) in [5.41, 5.74) is 0.912. The fourth-order valence-corrected chi connectivity index (χ4v) is 2.18. The Hall–Kier alpha value is -1.55. The van der Waals surface area contributed by atoms with Gasteiger partial charge >= 0.3 is 0 Å². The summed E-state index contributed by atoms with van der Waals surface area (Å²) in [5, 5.41) is 3.24. The molecule has 0 aliphatic carbocycles. The zero-order chi connectivity index (χ0) is 13.0. The highest BCUT2D eigenvalue weighted by atomic mass is 16.5. The van der Waals surface area contributed by atoms with E-state index in [9.17, 15) is 4.79 Å². The number of amides is 1. The van der Waals surface area contributed by atoms with Crippen LogP contribution in [0.3, 0.4) is 0 Å². The number of carbonyl (C=O) groups excluding carboxylic acids is 1. The molecule has 1 atom stereocenters. The molecule has 1 N–H and O–H groups in total. The molecule has 1 aromatic rings. The van der Waals surface area contributed by atoms with Gasteiger partial charge in [0.15, 0.2) is 0 Å². The Labute approximate surface area is 108 Å². The first kappa shape index (κ1) is 12.9. The number of carbonyl (C=O) groups is 1. The van der Waals surface area contributed by atoms with Crippen LogP contribution in [0.2, 0.25) is 0 Å². The van der Waals surface area contributed by atoms with Gasteiger partial charge in [0.2, 0.25) is 5.91 Å². The van der Waals surface area contributed by atoms with Crippen LogP contribution in [0.25, 0.3) is 0 Å². The lowest BCUT2D eigenvalue weighted by atomic mass is 10.1. The maximum absolute atomic E-state index is 12.3. The van der Waals surface area contributed by atoms with Crippen molar-refractivity contribution in [2.24, 2.45) is 0 Å². The van der Waals surface area contributed by atoms with Crippen LogP contribution in [0.1, 0.15) is 19.8 Å². The molecule has 1 aliphatic heterocycles. The third-order valence-corrected chi connectivity index (χ3v) is 3.26. The molecular formula is C14H20N2O2. The Morgan fingerprint density at radius 3 is 3.00 bits per heavy atom. The summed E-state index contributed by atoms with van der Waals surface area (Å²) < 4.78 is 5.21. The maximum atomic E-state index is 12.3. The first-order chi connectivity index (χ1) is 8.72. The van der Waals surface area contributed by atoms with Gasteiger partial charge in [0.25, 0.3) is 0 Å². The largest absolute Gasteiger partial charge is 0.497 e. The van der Waals surface area contributed by atoms with E-state index < -0.39 is 0 Å². The number of benzene rings is 1. The van der Waals surface area contributed by atoms with Crippen molar-refractivity contribution in [1.82, 2.24) is 5.32 Å². The smallest absolute Gasteiger partial charge is 0.243 e. The molecule has 4 nitrogen and oxygen atoms in total. The molecule has 18 heavy (non-hydrogen) atoms. The van der Waals surface area contributed by atoms with Crippen LogP contribution in [0.4, 0.5) is 5.69 Å². The van der Waals surface area contributed by atoms with Gasteiger partial charge in [-0.15, -0.1) is 0 Å². The van der Waals surface area contributed by atoms with Gasteiger partial charge in [-0.25, -0.2) is 0 Å². The average molecular weight is 248 g/mol. The van der Waals surface area contributed by atoms with Crippen molar-refractivity contribution >= 4 is 11.6 Å². The molecule has 0 spiro atoms. The molecule has 1 aliphatic rings. The maximum Gasteiger partial charge on any atom is 0.243 e. The van der Waals surface area contributed by atoms with Gasteiger partial charge in [-0.3, -0.25) is 4.79 Å². The van der Waals surface area contributed by atoms with Crippen LogP contribution in [-0.2, 0) is 4.79 Å². The number of nitrogens with one attached hydrogen (secondary N) is 1. The van der Waals surface area contributed by atoms with Crippen molar-refractivity contribution < 1.29 is 9.53 Å². The highest BCUT2D eigenvalue weighted by Crippen LogP contribution is 2.22. The minimum absolute atomic E-state index is 0.128. The zero-order valence-electron chi connectivity index (χ0n) is 11.0. The highest BCUT2D eigenvalue weighted by molar-refractivity contribution is 5.97. The SMILES string of the molecule is COc1cccc(N2CCCCNC(C)C2=O)c1. The van der Waals surface area contributed by atoms with Crippen molar-refractivity contribution in [3.05, 3.63) is 24.3 Å². The third-order valence-electron chi connectivity index (χ3n) is 3.26. The Bertz CT molecular complexity index is 420. The van der Waals surface area contributed by atoms with Crippen LogP contribution in [0.5, 0.6) is 5.75 Å². The van der Waals surface area contributed by atoms with E-state index in [1.54, 1.807) is 7.11 Å². The normalized spacial score (nSPS) is 21.3. The summed E-state index contributed by atoms with van der Waals surface area (Å²) >= 11 is 0. The molecule has 1 fully saturated rings.